The summed E-state index contributed by atoms with van der Waals surface area (Å²) in [6, 6.07) is 16.8. The van der Waals surface area contributed by atoms with Crippen LogP contribution in [0.5, 0.6) is 0 Å². The minimum absolute atomic E-state index is 0.0826. The van der Waals surface area contributed by atoms with Gasteiger partial charge in [-0.05, 0) is 54.9 Å². The lowest BCUT2D eigenvalue weighted by atomic mass is 9.74. The fourth-order valence-corrected chi connectivity index (χ4v) is 5.96. The van der Waals surface area contributed by atoms with Crippen molar-refractivity contribution in [1.29, 1.82) is 0 Å². The van der Waals surface area contributed by atoms with E-state index in [0.717, 1.165) is 62.0 Å². The molecule has 1 saturated carbocycles. The van der Waals surface area contributed by atoms with Gasteiger partial charge >= 0.3 is 0 Å². The summed E-state index contributed by atoms with van der Waals surface area (Å²) >= 11 is 0. The van der Waals surface area contributed by atoms with Crippen LogP contribution in [0.2, 0.25) is 0 Å². The highest BCUT2D eigenvalue weighted by Gasteiger charge is 2.42. The summed E-state index contributed by atoms with van der Waals surface area (Å²) in [5.41, 5.74) is 3.01. The van der Waals surface area contributed by atoms with Gasteiger partial charge in [0.15, 0.2) is 0 Å². The van der Waals surface area contributed by atoms with Crippen molar-refractivity contribution in [2.45, 2.75) is 57.4 Å². The summed E-state index contributed by atoms with van der Waals surface area (Å²) in [5.74, 6) is 0.950. The number of aromatic nitrogens is 2. The molecule has 0 radical (unpaired) electrons. The van der Waals surface area contributed by atoms with Crippen LogP contribution < -0.4 is 4.90 Å². The highest BCUT2D eigenvalue weighted by Crippen LogP contribution is 2.47. The smallest absolute Gasteiger partial charge is 0.257 e. The summed E-state index contributed by atoms with van der Waals surface area (Å²) in [7, 11) is 1.83. The van der Waals surface area contributed by atoms with Crippen molar-refractivity contribution in [3.8, 4) is 0 Å². The Hall–Kier alpha value is -3.28. The van der Waals surface area contributed by atoms with Crippen LogP contribution in [-0.2, 0) is 12.0 Å². The molecule has 2 heterocycles. The van der Waals surface area contributed by atoms with Gasteiger partial charge in [0, 0.05) is 38.3 Å². The summed E-state index contributed by atoms with van der Waals surface area (Å²) in [6.45, 7) is 4.62. The van der Waals surface area contributed by atoms with Gasteiger partial charge in [-0.2, -0.15) is 0 Å². The standard InChI is InChI=1S/C30H35FN4O/c1-22-9-8-18-35(20-22)29-32-19-26(28(36)34(2)21-23-10-4-3-5-11-23)27(33-29)30(16-6-7-17-30)24-12-14-25(31)15-13-24/h3-5,10-15,19,22H,6-9,16-18,20-21H2,1-2H3. The zero-order chi connectivity index (χ0) is 25.1. The number of amides is 1. The average Bonchev–Trinajstić information content (AvgIpc) is 3.40. The summed E-state index contributed by atoms with van der Waals surface area (Å²) in [6.07, 6.45) is 7.93. The Morgan fingerprint density at radius 2 is 1.81 bits per heavy atom. The van der Waals surface area contributed by atoms with E-state index in [0.29, 0.717) is 24.0 Å². The second kappa shape index (κ2) is 10.4. The first-order valence-corrected chi connectivity index (χ1v) is 13.1. The molecule has 5 rings (SSSR count). The fourth-order valence-electron chi connectivity index (χ4n) is 5.96. The van der Waals surface area contributed by atoms with Crippen molar-refractivity contribution in [3.63, 3.8) is 0 Å². The van der Waals surface area contributed by atoms with Gasteiger partial charge in [0.25, 0.3) is 5.91 Å². The van der Waals surface area contributed by atoms with Crippen molar-refractivity contribution in [2.75, 3.05) is 25.0 Å². The molecule has 0 bridgehead atoms. The third-order valence-electron chi connectivity index (χ3n) is 7.86. The Labute approximate surface area is 213 Å². The van der Waals surface area contributed by atoms with Gasteiger partial charge in [-0.1, -0.05) is 62.2 Å². The molecule has 1 atom stereocenters. The molecule has 0 N–H and O–H groups in total. The third kappa shape index (κ3) is 4.86. The van der Waals surface area contributed by atoms with Crippen LogP contribution in [0.3, 0.4) is 0 Å². The number of nitrogens with zero attached hydrogens (tertiary/aromatic N) is 4. The molecule has 0 spiro atoms. The zero-order valence-electron chi connectivity index (χ0n) is 21.3. The Morgan fingerprint density at radius 1 is 1.08 bits per heavy atom. The van der Waals surface area contributed by atoms with Crippen LogP contribution in [0, 0.1) is 11.7 Å². The molecule has 1 aromatic heterocycles. The molecular formula is C30H35FN4O. The maximum absolute atomic E-state index is 13.9. The molecule has 2 fully saturated rings. The SMILES string of the molecule is CC1CCCN(c2ncc(C(=O)N(C)Cc3ccccc3)c(C3(c4ccc(F)cc4)CCCC3)n2)C1. The molecule has 188 valence electrons. The highest BCUT2D eigenvalue weighted by atomic mass is 19.1. The fraction of sp³-hybridized carbons (Fsp3) is 0.433. The first kappa shape index (κ1) is 24.4. The molecule has 1 aliphatic heterocycles. The Balaban J connectivity index is 1.58. The van der Waals surface area contributed by atoms with Crippen LogP contribution in [0.1, 0.15) is 72.6 Å². The lowest BCUT2D eigenvalue weighted by molar-refractivity contribution is 0.0781. The number of anilines is 1. The highest BCUT2D eigenvalue weighted by molar-refractivity contribution is 5.95. The first-order valence-electron chi connectivity index (χ1n) is 13.1. The molecule has 2 aliphatic rings. The van der Waals surface area contributed by atoms with E-state index in [1.807, 2.05) is 49.5 Å². The van der Waals surface area contributed by atoms with Crippen LogP contribution in [-0.4, -0.2) is 40.9 Å². The average molecular weight is 487 g/mol. The molecule has 1 aliphatic carbocycles. The zero-order valence-corrected chi connectivity index (χ0v) is 21.3. The summed E-state index contributed by atoms with van der Waals surface area (Å²) in [4.78, 5) is 27.8. The van der Waals surface area contributed by atoms with Crippen LogP contribution in [0.25, 0.3) is 0 Å². The molecule has 36 heavy (non-hydrogen) atoms. The van der Waals surface area contributed by atoms with E-state index in [1.165, 1.54) is 18.6 Å². The number of carbonyl (C=O) groups excluding carboxylic acids is 1. The predicted molar refractivity (Wildman–Crippen MR) is 141 cm³/mol. The number of rotatable bonds is 6. The number of benzene rings is 2. The van der Waals surface area contributed by atoms with E-state index in [2.05, 4.69) is 11.8 Å². The lowest BCUT2D eigenvalue weighted by Gasteiger charge is -2.35. The largest absolute Gasteiger partial charge is 0.341 e. The van der Waals surface area contributed by atoms with E-state index < -0.39 is 5.41 Å². The summed E-state index contributed by atoms with van der Waals surface area (Å²) < 4.78 is 13.9. The third-order valence-corrected chi connectivity index (χ3v) is 7.86. The van der Waals surface area contributed by atoms with Crippen LogP contribution in [0.15, 0.2) is 60.8 Å². The Kier molecular flexibility index (Phi) is 7.04. The van der Waals surface area contributed by atoms with Crippen molar-refractivity contribution < 1.29 is 9.18 Å². The summed E-state index contributed by atoms with van der Waals surface area (Å²) in [5, 5.41) is 0. The van der Waals surface area contributed by atoms with Crippen LogP contribution >= 0.6 is 0 Å². The number of piperidine rings is 1. The molecule has 6 heteroatoms. The van der Waals surface area contributed by atoms with Crippen molar-refractivity contribution in [3.05, 3.63) is 89.0 Å². The minimum atomic E-state index is -0.425. The van der Waals surface area contributed by atoms with Crippen LogP contribution in [0.4, 0.5) is 10.3 Å². The Bertz CT molecular complexity index is 1190. The normalized spacial score (nSPS) is 19.3. The molecule has 1 saturated heterocycles. The minimum Gasteiger partial charge on any atom is -0.341 e. The molecule has 1 amide bonds. The second-order valence-corrected chi connectivity index (χ2v) is 10.6. The second-order valence-electron chi connectivity index (χ2n) is 10.6. The Morgan fingerprint density at radius 3 is 2.50 bits per heavy atom. The van der Waals surface area contributed by atoms with Gasteiger partial charge in [-0.25, -0.2) is 14.4 Å². The van der Waals surface area contributed by atoms with E-state index >= 15 is 0 Å². The van der Waals surface area contributed by atoms with Gasteiger partial charge in [-0.3, -0.25) is 4.79 Å². The first-order chi connectivity index (χ1) is 17.5. The van der Waals surface area contributed by atoms with E-state index in [4.69, 9.17) is 9.97 Å². The molecule has 2 aromatic carbocycles. The molecule has 5 nitrogen and oxygen atoms in total. The monoisotopic (exact) mass is 486 g/mol. The lowest BCUT2D eigenvalue weighted by Crippen LogP contribution is -2.38. The van der Waals surface area contributed by atoms with E-state index in [1.54, 1.807) is 11.1 Å². The van der Waals surface area contributed by atoms with E-state index in [-0.39, 0.29) is 11.7 Å². The molecular weight excluding hydrogens is 451 g/mol. The van der Waals surface area contributed by atoms with Gasteiger partial charge < -0.3 is 9.80 Å². The number of hydrogen-bond acceptors (Lipinski definition) is 4. The number of hydrogen-bond donors (Lipinski definition) is 0. The molecule has 1 unspecified atom stereocenters. The quantitative estimate of drug-likeness (QED) is 0.430. The van der Waals surface area contributed by atoms with Crippen molar-refractivity contribution in [1.82, 2.24) is 14.9 Å². The van der Waals surface area contributed by atoms with Gasteiger partial charge in [0.1, 0.15) is 5.82 Å². The topological polar surface area (TPSA) is 49.3 Å². The molecule has 3 aromatic rings. The van der Waals surface area contributed by atoms with E-state index in [9.17, 15) is 9.18 Å². The number of halogens is 1. The van der Waals surface area contributed by atoms with Gasteiger partial charge in [0.05, 0.1) is 11.3 Å². The maximum Gasteiger partial charge on any atom is 0.257 e. The maximum atomic E-state index is 13.9. The van der Waals surface area contributed by atoms with Gasteiger partial charge in [0.2, 0.25) is 5.95 Å². The van der Waals surface area contributed by atoms with Gasteiger partial charge in [-0.15, -0.1) is 0 Å². The number of carbonyl (C=O) groups is 1. The van der Waals surface area contributed by atoms with Crippen molar-refractivity contribution >= 4 is 11.9 Å². The van der Waals surface area contributed by atoms with Crippen molar-refractivity contribution in [2.24, 2.45) is 5.92 Å². The predicted octanol–water partition coefficient (Wildman–Crippen LogP) is 5.98.